The number of amides is 1. The molecule has 1 amide bonds. The first-order valence-corrected chi connectivity index (χ1v) is 6.21. The van der Waals surface area contributed by atoms with Gasteiger partial charge >= 0.3 is 5.97 Å². The second kappa shape index (κ2) is 6.22. The molecule has 1 rings (SSSR count). The number of nitrogens with two attached hydrogens (primary N) is 1. The molecule has 0 aliphatic heterocycles. The fourth-order valence-electron chi connectivity index (χ4n) is 1.96. The predicted molar refractivity (Wildman–Crippen MR) is 74.4 cm³/mol. The number of nitrogens with zero attached hydrogens (tertiary/aromatic N) is 1. The Kier molecular flexibility index (Phi) is 4.92. The molecule has 1 aromatic rings. The molecule has 0 spiro atoms. The third-order valence-electron chi connectivity index (χ3n) is 2.92. The Labute approximate surface area is 113 Å². The normalized spacial score (nSPS) is 10.5. The third kappa shape index (κ3) is 3.98. The van der Waals surface area contributed by atoms with Crippen molar-refractivity contribution in [1.29, 1.82) is 0 Å². The highest BCUT2D eigenvalue weighted by atomic mass is 16.4. The van der Waals surface area contributed by atoms with Gasteiger partial charge in [0, 0.05) is 12.6 Å². The summed E-state index contributed by atoms with van der Waals surface area (Å²) in [5.41, 5.74) is 7.50. The number of primary amides is 1. The lowest BCUT2D eigenvalue weighted by Crippen LogP contribution is -2.34. The summed E-state index contributed by atoms with van der Waals surface area (Å²) in [5, 5.41) is 8.81. The topological polar surface area (TPSA) is 83.6 Å². The van der Waals surface area contributed by atoms with Gasteiger partial charge < -0.3 is 15.7 Å². The molecule has 0 heterocycles. The van der Waals surface area contributed by atoms with E-state index in [1.807, 2.05) is 37.8 Å². The number of anilines is 1. The number of aliphatic carboxylic acids is 1. The molecule has 0 unspecified atom stereocenters. The van der Waals surface area contributed by atoms with Crippen LogP contribution in [0.15, 0.2) is 18.2 Å². The predicted octanol–water partition coefficient (Wildman–Crippen LogP) is 1.78. The summed E-state index contributed by atoms with van der Waals surface area (Å²) in [4.78, 5) is 24.1. The highest BCUT2D eigenvalue weighted by Gasteiger charge is 2.18. The molecule has 0 bridgehead atoms. The zero-order chi connectivity index (χ0) is 14.6. The Morgan fingerprint density at radius 3 is 2.47 bits per heavy atom. The Morgan fingerprint density at radius 1 is 1.37 bits per heavy atom. The van der Waals surface area contributed by atoms with Gasteiger partial charge in [0.05, 0.1) is 17.7 Å². The lowest BCUT2D eigenvalue weighted by atomic mass is 10.1. The quantitative estimate of drug-likeness (QED) is 0.820. The second-order valence-electron chi connectivity index (χ2n) is 4.82. The van der Waals surface area contributed by atoms with E-state index < -0.39 is 11.9 Å². The number of hydrogen-bond donors (Lipinski definition) is 2. The van der Waals surface area contributed by atoms with Crippen molar-refractivity contribution in [2.45, 2.75) is 33.2 Å². The van der Waals surface area contributed by atoms with Crippen molar-refractivity contribution < 1.29 is 14.7 Å². The first-order chi connectivity index (χ1) is 8.82. The number of aryl methyl sites for hydroxylation is 1. The summed E-state index contributed by atoms with van der Waals surface area (Å²) < 4.78 is 0. The van der Waals surface area contributed by atoms with Crippen LogP contribution in [0.3, 0.4) is 0 Å². The van der Waals surface area contributed by atoms with Crippen LogP contribution in [0.1, 0.15) is 36.2 Å². The standard InChI is InChI=1S/C14H20N2O3/c1-9(2)16(7-6-13(17)18)12-8-10(3)4-5-11(12)14(15)19/h4-5,8-9H,6-7H2,1-3H3,(H2,15,19)(H,17,18). The summed E-state index contributed by atoms with van der Waals surface area (Å²) in [7, 11) is 0. The number of carbonyl (C=O) groups is 2. The molecule has 0 aliphatic rings. The van der Waals surface area contributed by atoms with Crippen LogP contribution in [0.5, 0.6) is 0 Å². The minimum Gasteiger partial charge on any atom is -0.481 e. The van der Waals surface area contributed by atoms with Gasteiger partial charge in [0.2, 0.25) is 0 Å². The average molecular weight is 264 g/mol. The number of benzene rings is 1. The van der Waals surface area contributed by atoms with Crippen LogP contribution in [0.25, 0.3) is 0 Å². The SMILES string of the molecule is Cc1ccc(C(N)=O)c(N(CCC(=O)O)C(C)C)c1. The van der Waals surface area contributed by atoms with Crippen LogP contribution in [0, 0.1) is 6.92 Å². The molecule has 1 aromatic carbocycles. The van der Waals surface area contributed by atoms with E-state index >= 15 is 0 Å². The third-order valence-corrected chi connectivity index (χ3v) is 2.92. The highest BCUT2D eigenvalue weighted by Crippen LogP contribution is 2.24. The zero-order valence-electron chi connectivity index (χ0n) is 11.5. The van der Waals surface area contributed by atoms with Crippen molar-refractivity contribution in [2.24, 2.45) is 5.73 Å². The van der Waals surface area contributed by atoms with Crippen molar-refractivity contribution >= 4 is 17.6 Å². The number of carbonyl (C=O) groups excluding carboxylic acids is 1. The van der Waals surface area contributed by atoms with E-state index in [9.17, 15) is 9.59 Å². The number of carboxylic acids is 1. The molecule has 0 fully saturated rings. The van der Waals surface area contributed by atoms with E-state index in [2.05, 4.69) is 0 Å². The molecule has 0 aliphatic carbocycles. The highest BCUT2D eigenvalue weighted by molar-refractivity contribution is 5.99. The Morgan fingerprint density at radius 2 is 2.00 bits per heavy atom. The van der Waals surface area contributed by atoms with Crippen LogP contribution in [0.2, 0.25) is 0 Å². The Bertz CT molecular complexity index is 484. The van der Waals surface area contributed by atoms with Gasteiger partial charge in [0.1, 0.15) is 0 Å². The maximum Gasteiger partial charge on any atom is 0.305 e. The van der Waals surface area contributed by atoms with Crippen LogP contribution >= 0.6 is 0 Å². The largest absolute Gasteiger partial charge is 0.481 e. The van der Waals surface area contributed by atoms with Crippen LogP contribution < -0.4 is 10.6 Å². The van der Waals surface area contributed by atoms with Gasteiger partial charge in [-0.3, -0.25) is 9.59 Å². The lowest BCUT2D eigenvalue weighted by Gasteiger charge is -2.30. The van der Waals surface area contributed by atoms with Gasteiger partial charge in [0.25, 0.3) is 5.91 Å². The number of carboxylic acid groups (broad SMARTS) is 1. The summed E-state index contributed by atoms with van der Waals surface area (Å²) in [6.45, 7) is 6.17. The van der Waals surface area contributed by atoms with Crippen LogP contribution in [-0.4, -0.2) is 29.6 Å². The monoisotopic (exact) mass is 264 g/mol. The maximum atomic E-state index is 11.5. The minimum atomic E-state index is -0.862. The van der Waals surface area contributed by atoms with Crippen molar-refractivity contribution in [3.05, 3.63) is 29.3 Å². The minimum absolute atomic E-state index is 0.0182. The van der Waals surface area contributed by atoms with Gasteiger partial charge in [-0.2, -0.15) is 0 Å². The number of rotatable bonds is 6. The maximum absolute atomic E-state index is 11.5. The first kappa shape index (κ1) is 15.0. The van der Waals surface area contributed by atoms with Gasteiger partial charge in [-0.15, -0.1) is 0 Å². The molecular formula is C14H20N2O3. The van der Waals surface area contributed by atoms with Gasteiger partial charge in [-0.1, -0.05) is 6.07 Å². The Balaban J connectivity index is 3.17. The smallest absolute Gasteiger partial charge is 0.305 e. The first-order valence-electron chi connectivity index (χ1n) is 6.21. The summed E-state index contributed by atoms with van der Waals surface area (Å²) in [6.07, 6.45) is 0.0182. The van der Waals surface area contributed by atoms with Gasteiger partial charge in [-0.05, 0) is 38.5 Å². The molecule has 5 heteroatoms. The van der Waals surface area contributed by atoms with Crippen LogP contribution in [-0.2, 0) is 4.79 Å². The number of hydrogen-bond acceptors (Lipinski definition) is 3. The van der Waals surface area contributed by atoms with Crippen molar-refractivity contribution in [1.82, 2.24) is 0 Å². The van der Waals surface area contributed by atoms with E-state index in [1.54, 1.807) is 6.07 Å². The second-order valence-corrected chi connectivity index (χ2v) is 4.82. The Hall–Kier alpha value is -2.04. The molecule has 0 saturated carbocycles. The fraction of sp³-hybridized carbons (Fsp3) is 0.429. The van der Waals surface area contributed by atoms with E-state index in [-0.39, 0.29) is 12.5 Å². The fourth-order valence-corrected chi connectivity index (χ4v) is 1.96. The van der Waals surface area contributed by atoms with Gasteiger partial charge in [0.15, 0.2) is 0 Å². The van der Waals surface area contributed by atoms with E-state index in [1.165, 1.54) is 0 Å². The molecule has 0 aromatic heterocycles. The molecule has 19 heavy (non-hydrogen) atoms. The molecule has 104 valence electrons. The van der Waals surface area contributed by atoms with E-state index in [4.69, 9.17) is 10.8 Å². The molecule has 0 radical (unpaired) electrons. The van der Waals surface area contributed by atoms with Crippen LogP contribution in [0.4, 0.5) is 5.69 Å². The molecule has 3 N–H and O–H groups in total. The zero-order valence-corrected chi connectivity index (χ0v) is 11.5. The molecule has 0 atom stereocenters. The molecule has 0 saturated heterocycles. The van der Waals surface area contributed by atoms with E-state index in [0.717, 1.165) is 5.56 Å². The van der Waals surface area contributed by atoms with Crippen molar-refractivity contribution in [3.63, 3.8) is 0 Å². The molecular weight excluding hydrogens is 244 g/mol. The van der Waals surface area contributed by atoms with Crippen molar-refractivity contribution in [3.8, 4) is 0 Å². The van der Waals surface area contributed by atoms with Gasteiger partial charge in [-0.25, -0.2) is 0 Å². The average Bonchev–Trinajstić information content (AvgIpc) is 2.27. The summed E-state index contributed by atoms with van der Waals surface area (Å²) in [6, 6.07) is 5.45. The molecule has 5 nitrogen and oxygen atoms in total. The van der Waals surface area contributed by atoms with E-state index in [0.29, 0.717) is 17.8 Å². The lowest BCUT2D eigenvalue weighted by molar-refractivity contribution is -0.136. The summed E-state index contributed by atoms with van der Waals surface area (Å²) in [5.74, 6) is -1.37. The summed E-state index contributed by atoms with van der Waals surface area (Å²) >= 11 is 0. The van der Waals surface area contributed by atoms with Crippen molar-refractivity contribution in [2.75, 3.05) is 11.4 Å².